The summed E-state index contributed by atoms with van der Waals surface area (Å²) in [4.78, 5) is 26.4. The Morgan fingerprint density at radius 2 is 1.96 bits per heavy atom. The van der Waals surface area contributed by atoms with E-state index in [-0.39, 0.29) is 30.7 Å². The molecule has 0 aliphatic rings. The molecule has 0 unspecified atom stereocenters. The van der Waals surface area contributed by atoms with Gasteiger partial charge in [0.1, 0.15) is 17.6 Å². The van der Waals surface area contributed by atoms with Crippen LogP contribution in [0.4, 0.5) is 4.39 Å². The van der Waals surface area contributed by atoms with Crippen molar-refractivity contribution in [3.63, 3.8) is 0 Å². The van der Waals surface area contributed by atoms with E-state index in [1.165, 1.54) is 23.3 Å². The molecule has 2 rings (SSSR count). The second kappa shape index (κ2) is 9.01. The van der Waals surface area contributed by atoms with E-state index in [0.717, 1.165) is 5.56 Å². The second-order valence-electron chi connectivity index (χ2n) is 5.87. The summed E-state index contributed by atoms with van der Waals surface area (Å²) in [6.07, 6.45) is 2.59. The number of carbonyl (C=O) groups excluding carboxylic acids is 2. The molecule has 25 heavy (non-hydrogen) atoms. The number of amides is 2. The van der Waals surface area contributed by atoms with Crippen molar-refractivity contribution in [1.29, 1.82) is 0 Å². The van der Waals surface area contributed by atoms with Crippen LogP contribution in [0.25, 0.3) is 0 Å². The number of hydrogen-bond acceptors (Lipinski definition) is 3. The molecule has 1 atom stereocenters. The summed E-state index contributed by atoms with van der Waals surface area (Å²) in [5.74, 6) is -0.0552. The highest BCUT2D eigenvalue weighted by Gasteiger charge is 2.25. The van der Waals surface area contributed by atoms with Gasteiger partial charge in [0.2, 0.25) is 11.8 Å². The van der Waals surface area contributed by atoms with E-state index in [4.69, 9.17) is 4.42 Å². The Hall–Kier alpha value is -2.63. The third-order valence-electron chi connectivity index (χ3n) is 3.91. The minimum atomic E-state index is -0.640. The molecule has 0 fully saturated rings. The van der Waals surface area contributed by atoms with Gasteiger partial charge < -0.3 is 14.6 Å². The van der Waals surface area contributed by atoms with E-state index in [1.54, 1.807) is 31.2 Å². The fourth-order valence-electron chi connectivity index (χ4n) is 2.46. The van der Waals surface area contributed by atoms with Crippen molar-refractivity contribution in [2.75, 3.05) is 0 Å². The summed E-state index contributed by atoms with van der Waals surface area (Å²) >= 11 is 0. The first-order chi connectivity index (χ1) is 12.0. The van der Waals surface area contributed by atoms with Crippen LogP contribution in [0.2, 0.25) is 0 Å². The Balaban J connectivity index is 2.05. The number of nitrogens with zero attached hydrogens (tertiary/aromatic N) is 1. The molecule has 5 nitrogen and oxygen atoms in total. The Labute approximate surface area is 146 Å². The van der Waals surface area contributed by atoms with Gasteiger partial charge >= 0.3 is 0 Å². The van der Waals surface area contributed by atoms with Crippen molar-refractivity contribution >= 4 is 11.8 Å². The monoisotopic (exact) mass is 346 g/mol. The first-order valence-electron chi connectivity index (χ1n) is 8.35. The van der Waals surface area contributed by atoms with Crippen LogP contribution < -0.4 is 5.32 Å². The van der Waals surface area contributed by atoms with Gasteiger partial charge in [-0.1, -0.05) is 19.1 Å². The van der Waals surface area contributed by atoms with Crippen molar-refractivity contribution in [3.05, 3.63) is 59.8 Å². The van der Waals surface area contributed by atoms with Gasteiger partial charge in [0, 0.05) is 13.0 Å². The van der Waals surface area contributed by atoms with Crippen molar-refractivity contribution in [2.24, 2.45) is 0 Å². The van der Waals surface area contributed by atoms with Gasteiger partial charge in [-0.05, 0) is 43.2 Å². The topological polar surface area (TPSA) is 62.6 Å². The molecule has 0 aliphatic heterocycles. The predicted octanol–water partition coefficient (Wildman–Crippen LogP) is 3.25. The van der Waals surface area contributed by atoms with Crippen LogP contribution in [0.5, 0.6) is 0 Å². The van der Waals surface area contributed by atoms with Gasteiger partial charge in [-0.3, -0.25) is 9.59 Å². The highest BCUT2D eigenvalue weighted by Crippen LogP contribution is 2.13. The number of nitrogens with one attached hydrogen (secondary N) is 1. The number of hydrogen-bond donors (Lipinski definition) is 1. The Morgan fingerprint density at radius 1 is 1.24 bits per heavy atom. The molecule has 0 bridgehead atoms. The zero-order valence-electron chi connectivity index (χ0n) is 14.5. The molecule has 2 amide bonds. The lowest BCUT2D eigenvalue weighted by molar-refractivity contribution is -0.140. The maximum absolute atomic E-state index is 13.1. The van der Waals surface area contributed by atoms with Gasteiger partial charge in [-0.15, -0.1) is 0 Å². The molecule has 1 N–H and O–H groups in total. The van der Waals surface area contributed by atoms with Crippen LogP contribution in [0.3, 0.4) is 0 Å². The number of rotatable bonds is 8. The molecule has 6 heteroatoms. The lowest BCUT2D eigenvalue weighted by Crippen LogP contribution is -2.47. The van der Waals surface area contributed by atoms with Crippen molar-refractivity contribution in [2.45, 2.75) is 45.8 Å². The highest BCUT2D eigenvalue weighted by atomic mass is 19.1. The fraction of sp³-hybridized carbons (Fsp3) is 0.368. The predicted molar refractivity (Wildman–Crippen MR) is 91.9 cm³/mol. The largest absolute Gasteiger partial charge is 0.467 e. The Morgan fingerprint density at radius 3 is 2.56 bits per heavy atom. The smallest absolute Gasteiger partial charge is 0.242 e. The molecule has 0 saturated carbocycles. The van der Waals surface area contributed by atoms with Crippen LogP contribution in [0.1, 0.15) is 38.0 Å². The van der Waals surface area contributed by atoms with Crippen molar-refractivity contribution in [1.82, 2.24) is 10.2 Å². The Bertz CT molecular complexity index is 683. The van der Waals surface area contributed by atoms with E-state index in [9.17, 15) is 14.0 Å². The first-order valence-corrected chi connectivity index (χ1v) is 8.35. The van der Waals surface area contributed by atoms with Crippen molar-refractivity contribution < 1.29 is 18.4 Å². The molecule has 0 spiro atoms. The van der Waals surface area contributed by atoms with Gasteiger partial charge in [0.25, 0.3) is 0 Å². The number of benzene rings is 1. The zero-order valence-corrected chi connectivity index (χ0v) is 14.5. The molecule has 134 valence electrons. The number of halogens is 1. The quantitative estimate of drug-likeness (QED) is 0.798. The molecule has 1 heterocycles. The summed E-state index contributed by atoms with van der Waals surface area (Å²) in [5.41, 5.74) is 0.775. The van der Waals surface area contributed by atoms with E-state index in [1.807, 2.05) is 6.92 Å². The molecule has 1 aromatic heterocycles. The molecule has 1 aromatic carbocycles. The minimum absolute atomic E-state index is 0.104. The average molecular weight is 346 g/mol. The van der Waals surface area contributed by atoms with Crippen LogP contribution in [-0.4, -0.2) is 22.8 Å². The summed E-state index contributed by atoms with van der Waals surface area (Å²) < 4.78 is 18.3. The highest BCUT2D eigenvalue weighted by molar-refractivity contribution is 5.87. The van der Waals surface area contributed by atoms with Gasteiger partial charge in [0.05, 0.1) is 12.8 Å². The number of furan rings is 1. The normalized spacial score (nSPS) is 11.8. The lowest BCUT2D eigenvalue weighted by Gasteiger charge is -2.28. The maximum atomic E-state index is 13.1. The molecule has 0 aliphatic carbocycles. The summed E-state index contributed by atoms with van der Waals surface area (Å²) in [6, 6.07) is 8.81. The SMILES string of the molecule is CCCC(=O)N(Cc1ccc(F)cc1)[C@@H](C)C(=O)NCc1ccco1. The van der Waals surface area contributed by atoms with Gasteiger partial charge in [0.15, 0.2) is 0 Å². The molecule has 0 radical (unpaired) electrons. The first kappa shape index (κ1) is 18.7. The standard InChI is InChI=1S/C19H23FN2O3/c1-3-5-18(23)22(13-15-7-9-16(20)10-8-15)14(2)19(24)21-12-17-6-4-11-25-17/h4,6-11,14H,3,5,12-13H2,1-2H3,(H,21,24)/t14-/m0/s1. The van der Waals surface area contributed by atoms with Gasteiger partial charge in [-0.2, -0.15) is 0 Å². The van der Waals surface area contributed by atoms with Gasteiger partial charge in [-0.25, -0.2) is 4.39 Å². The summed E-state index contributed by atoms with van der Waals surface area (Å²) in [6.45, 7) is 4.13. The van der Waals surface area contributed by atoms with Crippen molar-refractivity contribution in [3.8, 4) is 0 Å². The molecular weight excluding hydrogens is 323 g/mol. The van der Waals surface area contributed by atoms with Crippen LogP contribution in [-0.2, 0) is 22.7 Å². The lowest BCUT2D eigenvalue weighted by atomic mass is 10.1. The summed E-state index contributed by atoms with van der Waals surface area (Å²) in [7, 11) is 0. The van der Waals surface area contributed by atoms with E-state index in [0.29, 0.717) is 18.6 Å². The van der Waals surface area contributed by atoms with Crippen LogP contribution >= 0.6 is 0 Å². The number of carbonyl (C=O) groups is 2. The molecular formula is C19H23FN2O3. The minimum Gasteiger partial charge on any atom is -0.467 e. The molecule has 0 saturated heterocycles. The van der Waals surface area contributed by atoms with Crippen LogP contribution in [0.15, 0.2) is 47.1 Å². The third-order valence-corrected chi connectivity index (χ3v) is 3.91. The maximum Gasteiger partial charge on any atom is 0.242 e. The third kappa shape index (κ3) is 5.45. The fourth-order valence-corrected chi connectivity index (χ4v) is 2.46. The average Bonchev–Trinajstić information content (AvgIpc) is 3.12. The van der Waals surface area contributed by atoms with E-state index >= 15 is 0 Å². The second-order valence-corrected chi connectivity index (χ2v) is 5.87. The Kier molecular flexibility index (Phi) is 6.74. The zero-order chi connectivity index (χ0) is 18.2. The van der Waals surface area contributed by atoms with E-state index in [2.05, 4.69) is 5.32 Å². The van der Waals surface area contributed by atoms with Crippen LogP contribution in [0, 0.1) is 5.82 Å². The molecule has 2 aromatic rings. The van der Waals surface area contributed by atoms with E-state index < -0.39 is 6.04 Å². The summed E-state index contributed by atoms with van der Waals surface area (Å²) in [5, 5.41) is 2.77.